The number of carboxylic acids is 1. The molecular formula is C52H60N2O8. The molecule has 0 heterocycles. The van der Waals surface area contributed by atoms with Crippen LogP contribution >= 0.6 is 0 Å². The van der Waals surface area contributed by atoms with Gasteiger partial charge in [0.2, 0.25) is 11.4 Å². The number of ketones is 1. The molecule has 0 aromatic heterocycles. The number of aliphatic carboxylic acids is 1. The van der Waals surface area contributed by atoms with Crippen molar-refractivity contribution in [3.05, 3.63) is 120 Å². The number of allylic oxidation sites excluding steroid dienone is 7. The molecule has 0 spiro atoms. The first kappa shape index (κ1) is 44.2. The monoisotopic (exact) mass is 840 g/mol. The van der Waals surface area contributed by atoms with Crippen LogP contribution in [0.15, 0.2) is 114 Å². The summed E-state index contributed by atoms with van der Waals surface area (Å²) in [4.78, 5) is 37.2. The van der Waals surface area contributed by atoms with Gasteiger partial charge in [-0.3, -0.25) is 14.4 Å². The smallest absolute Gasteiger partial charge is 0.303 e. The molecule has 3 aromatic carbocycles. The van der Waals surface area contributed by atoms with Gasteiger partial charge < -0.3 is 29.3 Å². The minimum atomic E-state index is -0.764. The van der Waals surface area contributed by atoms with Gasteiger partial charge in [0, 0.05) is 72.1 Å². The van der Waals surface area contributed by atoms with E-state index in [9.17, 15) is 19.5 Å². The van der Waals surface area contributed by atoms with E-state index >= 15 is 0 Å². The average molecular weight is 841 g/mol. The number of anilines is 2. The van der Waals surface area contributed by atoms with Gasteiger partial charge in [0.25, 0.3) is 6.47 Å². The Morgan fingerprint density at radius 1 is 0.677 bits per heavy atom. The highest BCUT2D eigenvalue weighted by Gasteiger charge is 2.33. The normalized spacial score (nSPS) is 16.9. The van der Waals surface area contributed by atoms with Crippen LogP contribution in [-0.4, -0.2) is 65.5 Å². The van der Waals surface area contributed by atoms with E-state index in [1.807, 2.05) is 72.8 Å². The number of carboxylic acid groups (broad SMARTS) is 1. The SMILES string of the molecule is O=COCCCCCOc1ccc(N(c2ccc(C3=C([O-])C(=C4C=CC(=[N+](c5ccc(OCCCCCC(=O)O)cc5)C5CCCCC5)C=C4)C3=O)cc2)C2CCCCC2)cc1. The fourth-order valence-electron chi connectivity index (χ4n) is 9.17. The molecule has 4 aliphatic carbocycles. The first-order chi connectivity index (χ1) is 30.4. The van der Waals surface area contributed by atoms with Gasteiger partial charge in [-0.25, -0.2) is 0 Å². The van der Waals surface area contributed by atoms with Crippen LogP contribution < -0.4 is 19.5 Å². The van der Waals surface area contributed by atoms with Crippen LogP contribution in [0, 0.1) is 0 Å². The standard InChI is InChI=1S/C52H60N2O8/c55-37-60-34-10-4-12-36-62-47-32-28-45(29-33-47)54(41-15-7-2-8-16-41)43-24-20-39(21-25-43)50-51(58)49(52(50)59)38-18-22-42(23-19-38)53(40-13-5-1-6-14-40)44-26-30-46(31-27-44)61-35-11-3-9-17-48(56)57/h18-33,37,40-41H,1-17,34-36H2,(H-,56,57,58,59). The molecular weight excluding hydrogens is 781 g/mol. The molecule has 10 heteroatoms. The van der Waals surface area contributed by atoms with Crippen LogP contribution in [0.2, 0.25) is 0 Å². The van der Waals surface area contributed by atoms with Gasteiger partial charge in [-0.05, 0) is 136 Å². The largest absolute Gasteiger partial charge is 0.871 e. The minimum absolute atomic E-state index is 0.188. The number of nitrogens with zero attached hydrogens (tertiary/aromatic N) is 2. The summed E-state index contributed by atoms with van der Waals surface area (Å²) < 4.78 is 19.1. The maximum Gasteiger partial charge on any atom is 0.303 e. The van der Waals surface area contributed by atoms with Crippen LogP contribution in [0.25, 0.3) is 5.57 Å². The maximum absolute atomic E-state index is 13.7. The van der Waals surface area contributed by atoms with Crippen LogP contribution in [0.4, 0.5) is 17.1 Å². The second-order valence-corrected chi connectivity index (χ2v) is 16.7. The van der Waals surface area contributed by atoms with Crippen molar-refractivity contribution in [3.63, 3.8) is 0 Å². The van der Waals surface area contributed by atoms with Crippen molar-refractivity contribution in [1.82, 2.24) is 0 Å². The Bertz CT molecular complexity index is 2130. The molecule has 1 N–H and O–H groups in total. The van der Waals surface area contributed by atoms with Crippen LogP contribution in [0.3, 0.4) is 0 Å². The molecule has 0 amide bonds. The maximum atomic E-state index is 13.7. The van der Waals surface area contributed by atoms with E-state index in [1.54, 1.807) is 0 Å². The molecule has 0 atom stereocenters. The summed E-state index contributed by atoms with van der Waals surface area (Å²) in [6, 6.07) is 25.0. The highest BCUT2D eigenvalue weighted by molar-refractivity contribution is 6.39. The average Bonchev–Trinajstić information content (AvgIpc) is 3.30. The molecule has 0 saturated heterocycles. The predicted molar refractivity (Wildman–Crippen MR) is 240 cm³/mol. The molecule has 62 heavy (non-hydrogen) atoms. The zero-order valence-electron chi connectivity index (χ0n) is 35.8. The summed E-state index contributed by atoms with van der Waals surface area (Å²) in [5.41, 5.74) is 5.95. The van der Waals surface area contributed by atoms with Crippen molar-refractivity contribution in [1.29, 1.82) is 0 Å². The zero-order chi connectivity index (χ0) is 43.1. The number of Topliss-reactive ketones (excluding diaryl/α,β-unsaturated/α-hetero) is 1. The number of benzene rings is 3. The Kier molecular flexibility index (Phi) is 15.9. The highest BCUT2D eigenvalue weighted by atomic mass is 16.5. The number of hydrogen-bond donors (Lipinski definition) is 1. The number of rotatable bonds is 21. The molecule has 2 fully saturated rings. The number of carbonyl (C=O) groups is 3. The second kappa shape index (κ2) is 22.3. The Labute approximate surface area is 365 Å². The molecule has 0 aliphatic heterocycles. The van der Waals surface area contributed by atoms with Crippen LogP contribution in [0.5, 0.6) is 11.5 Å². The summed E-state index contributed by atoms with van der Waals surface area (Å²) in [6.45, 7) is 2.07. The first-order valence-electron chi connectivity index (χ1n) is 22.8. The molecule has 0 radical (unpaired) electrons. The zero-order valence-corrected chi connectivity index (χ0v) is 35.8. The van der Waals surface area contributed by atoms with Crippen molar-refractivity contribution in [2.75, 3.05) is 24.7 Å². The lowest BCUT2D eigenvalue weighted by Gasteiger charge is -2.37. The van der Waals surface area contributed by atoms with Gasteiger partial charge in [0.15, 0.2) is 11.8 Å². The van der Waals surface area contributed by atoms with Crippen LogP contribution in [-0.2, 0) is 19.1 Å². The highest BCUT2D eigenvalue weighted by Crippen LogP contribution is 2.40. The number of hydrogen-bond acceptors (Lipinski definition) is 8. The summed E-state index contributed by atoms with van der Waals surface area (Å²) >= 11 is 0. The minimum Gasteiger partial charge on any atom is -0.871 e. The van der Waals surface area contributed by atoms with Gasteiger partial charge >= 0.3 is 5.97 Å². The Balaban J connectivity index is 1.04. The van der Waals surface area contributed by atoms with Crippen molar-refractivity contribution >= 4 is 46.6 Å². The first-order valence-corrected chi connectivity index (χ1v) is 22.8. The quantitative estimate of drug-likeness (QED) is 0.0482. The third kappa shape index (κ3) is 11.3. The van der Waals surface area contributed by atoms with Gasteiger partial charge in [-0.1, -0.05) is 43.6 Å². The lowest BCUT2D eigenvalue weighted by Crippen LogP contribution is -2.33. The summed E-state index contributed by atoms with van der Waals surface area (Å²) in [5.74, 6) is 0.403. The second-order valence-electron chi connectivity index (χ2n) is 16.7. The molecule has 2 saturated carbocycles. The van der Waals surface area contributed by atoms with E-state index in [0.29, 0.717) is 55.9 Å². The number of carbonyl (C=O) groups excluding carboxylic acids is 2. The fraction of sp³-hybridized carbons (Fsp3) is 0.423. The summed E-state index contributed by atoms with van der Waals surface area (Å²) in [7, 11) is 0. The lowest BCUT2D eigenvalue weighted by atomic mass is 9.80. The van der Waals surface area contributed by atoms with Gasteiger partial charge in [-0.2, -0.15) is 4.58 Å². The number of ether oxygens (including phenoxy) is 3. The van der Waals surface area contributed by atoms with E-state index in [2.05, 4.69) is 33.7 Å². The van der Waals surface area contributed by atoms with Crippen LogP contribution in [0.1, 0.15) is 115 Å². The molecule has 10 nitrogen and oxygen atoms in total. The van der Waals surface area contributed by atoms with Crippen molar-refractivity contribution < 1.29 is 43.4 Å². The molecule has 0 bridgehead atoms. The Morgan fingerprint density at radius 3 is 1.81 bits per heavy atom. The summed E-state index contributed by atoms with van der Waals surface area (Å²) in [6.07, 6.45) is 24.5. The van der Waals surface area contributed by atoms with Gasteiger partial charge in [-0.15, -0.1) is 0 Å². The van der Waals surface area contributed by atoms with Crippen molar-refractivity contribution in [2.24, 2.45) is 0 Å². The topological polar surface area (TPSA) is 128 Å². The Morgan fingerprint density at radius 2 is 1.23 bits per heavy atom. The molecule has 0 unspecified atom stereocenters. The van der Waals surface area contributed by atoms with Crippen molar-refractivity contribution in [2.45, 2.75) is 121 Å². The van der Waals surface area contributed by atoms with E-state index in [4.69, 9.17) is 19.3 Å². The summed E-state index contributed by atoms with van der Waals surface area (Å²) in [5, 5.41) is 22.6. The fourth-order valence-corrected chi connectivity index (χ4v) is 9.17. The van der Waals surface area contributed by atoms with Gasteiger partial charge in [0.1, 0.15) is 11.5 Å². The van der Waals surface area contributed by atoms with E-state index < -0.39 is 5.97 Å². The molecule has 326 valence electrons. The molecule has 3 aromatic rings. The van der Waals surface area contributed by atoms with E-state index in [0.717, 1.165) is 92.1 Å². The predicted octanol–water partition coefficient (Wildman–Crippen LogP) is 10.1. The van der Waals surface area contributed by atoms with Gasteiger partial charge in [0.05, 0.1) is 19.8 Å². The van der Waals surface area contributed by atoms with E-state index in [1.165, 1.54) is 38.5 Å². The lowest BCUT2D eigenvalue weighted by molar-refractivity contribution is -0.488. The van der Waals surface area contributed by atoms with Crippen molar-refractivity contribution in [3.8, 4) is 11.5 Å². The Hall–Kier alpha value is -5.90. The third-order valence-corrected chi connectivity index (χ3v) is 12.4. The third-order valence-electron chi connectivity index (χ3n) is 12.4. The van der Waals surface area contributed by atoms with E-state index in [-0.39, 0.29) is 29.1 Å². The number of unbranched alkanes of at least 4 members (excludes halogenated alkanes) is 4. The molecule has 4 aliphatic rings. The molecule has 7 rings (SSSR count).